The van der Waals surface area contributed by atoms with Crippen LogP contribution >= 0.6 is 15.9 Å². The van der Waals surface area contributed by atoms with Crippen molar-refractivity contribution in [3.63, 3.8) is 0 Å². The summed E-state index contributed by atoms with van der Waals surface area (Å²) >= 11 is 3.36. The fourth-order valence-corrected chi connectivity index (χ4v) is 3.06. The molecule has 7 heteroatoms. The summed E-state index contributed by atoms with van der Waals surface area (Å²) in [4.78, 5) is 23.4. The van der Waals surface area contributed by atoms with Crippen LogP contribution in [0.15, 0.2) is 34.8 Å². The number of aromatic nitrogens is 2. The number of carbonyl (C=O) groups is 1. The average Bonchev–Trinajstić information content (AvgIpc) is 3.13. The van der Waals surface area contributed by atoms with Crippen LogP contribution in [0.1, 0.15) is 28.9 Å². The van der Waals surface area contributed by atoms with Crippen LogP contribution in [-0.4, -0.2) is 42.1 Å². The molecule has 0 atom stereocenters. The van der Waals surface area contributed by atoms with Gasteiger partial charge >= 0.3 is 0 Å². The van der Waals surface area contributed by atoms with Crippen LogP contribution in [-0.2, 0) is 0 Å². The van der Waals surface area contributed by atoms with Crippen molar-refractivity contribution in [2.45, 2.75) is 19.8 Å². The van der Waals surface area contributed by atoms with Crippen LogP contribution in [0.25, 0.3) is 0 Å². The van der Waals surface area contributed by atoms with E-state index < -0.39 is 0 Å². The number of nitrogens with zero attached hydrogens (tertiary/aromatic N) is 3. The maximum atomic E-state index is 12.1. The monoisotopic (exact) mass is 403 g/mol. The van der Waals surface area contributed by atoms with Crippen LogP contribution in [0, 0.1) is 6.92 Å². The molecule has 1 saturated heterocycles. The third kappa shape index (κ3) is 4.92. The number of benzene rings is 1. The minimum absolute atomic E-state index is 0.0859. The fraction of sp³-hybridized carbons (Fsp3) is 0.389. The largest absolute Gasteiger partial charge is 0.356 e. The molecular formula is C18H22BrN5O. The van der Waals surface area contributed by atoms with Gasteiger partial charge in [-0.2, -0.15) is 4.98 Å². The van der Waals surface area contributed by atoms with Gasteiger partial charge in [0.25, 0.3) is 5.91 Å². The molecule has 0 spiro atoms. The van der Waals surface area contributed by atoms with E-state index in [0.717, 1.165) is 29.1 Å². The number of rotatable bonds is 6. The molecule has 3 rings (SSSR count). The molecule has 0 radical (unpaired) electrons. The molecule has 1 amide bonds. The van der Waals surface area contributed by atoms with Crippen LogP contribution in [0.3, 0.4) is 0 Å². The molecule has 2 N–H and O–H groups in total. The van der Waals surface area contributed by atoms with Gasteiger partial charge in [-0.25, -0.2) is 4.98 Å². The van der Waals surface area contributed by atoms with Crippen molar-refractivity contribution in [1.82, 2.24) is 15.3 Å². The number of aryl methyl sites for hydroxylation is 1. The Balaban J connectivity index is 1.50. The zero-order chi connectivity index (χ0) is 17.6. The van der Waals surface area contributed by atoms with Gasteiger partial charge in [0.1, 0.15) is 5.82 Å². The van der Waals surface area contributed by atoms with E-state index in [2.05, 4.69) is 41.4 Å². The first-order valence-corrected chi connectivity index (χ1v) is 9.29. The van der Waals surface area contributed by atoms with Crippen LogP contribution in [0.5, 0.6) is 0 Å². The van der Waals surface area contributed by atoms with Gasteiger partial charge in [-0.3, -0.25) is 4.79 Å². The first-order chi connectivity index (χ1) is 12.1. The van der Waals surface area contributed by atoms with Crippen LogP contribution < -0.4 is 15.5 Å². The topological polar surface area (TPSA) is 70.2 Å². The lowest BCUT2D eigenvalue weighted by Crippen LogP contribution is -2.29. The lowest BCUT2D eigenvalue weighted by atomic mass is 10.2. The third-order valence-corrected chi connectivity index (χ3v) is 4.60. The molecule has 0 aliphatic carbocycles. The Kier molecular flexibility index (Phi) is 5.86. The van der Waals surface area contributed by atoms with Crippen molar-refractivity contribution in [3.8, 4) is 0 Å². The second kappa shape index (κ2) is 8.29. The van der Waals surface area contributed by atoms with E-state index in [1.165, 1.54) is 12.8 Å². The van der Waals surface area contributed by atoms with E-state index in [-0.39, 0.29) is 5.91 Å². The molecule has 1 aromatic carbocycles. The molecular weight excluding hydrogens is 382 g/mol. The number of hydrogen-bond acceptors (Lipinski definition) is 5. The molecule has 1 aromatic heterocycles. The Morgan fingerprint density at radius 2 is 1.88 bits per heavy atom. The van der Waals surface area contributed by atoms with Crippen molar-refractivity contribution in [2.24, 2.45) is 0 Å². The summed E-state index contributed by atoms with van der Waals surface area (Å²) in [5, 5.41) is 6.08. The molecule has 0 bridgehead atoms. The summed E-state index contributed by atoms with van der Waals surface area (Å²) in [6.45, 7) is 5.16. The van der Waals surface area contributed by atoms with E-state index >= 15 is 0 Å². The standard InChI is InChI=1S/C18H22BrN5O/c1-13-12-16(24-10-2-3-11-24)23-18(22-13)21-9-8-20-17(25)14-4-6-15(19)7-5-14/h4-7,12H,2-3,8-11H2,1H3,(H,20,25)(H,21,22,23). The van der Waals surface area contributed by atoms with Gasteiger partial charge in [0.05, 0.1) is 0 Å². The molecule has 132 valence electrons. The summed E-state index contributed by atoms with van der Waals surface area (Å²) in [6.07, 6.45) is 2.43. The highest BCUT2D eigenvalue weighted by Gasteiger charge is 2.15. The maximum Gasteiger partial charge on any atom is 0.251 e. The molecule has 2 aromatic rings. The van der Waals surface area contributed by atoms with Gasteiger partial charge < -0.3 is 15.5 Å². The number of halogens is 1. The molecule has 25 heavy (non-hydrogen) atoms. The molecule has 6 nitrogen and oxygen atoms in total. The number of hydrogen-bond donors (Lipinski definition) is 2. The first kappa shape index (κ1) is 17.7. The molecule has 1 fully saturated rings. The van der Waals surface area contributed by atoms with Crippen molar-refractivity contribution in [1.29, 1.82) is 0 Å². The van der Waals surface area contributed by atoms with Gasteiger partial charge in [0.15, 0.2) is 0 Å². The zero-order valence-corrected chi connectivity index (χ0v) is 15.8. The van der Waals surface area contributed by atoms with Crippen LogP contribution in [0.4, 0.5) is 11.8 Å². The number of amides is 1. The summed E-state index contributed by atoms with van der Waals surface area (Å²) in [5.41, 5.74) is 1.59. The Hall–Kier alpha value is -2.15. The van der Waals surface area contributed by atoms with Crippen molar-refractivity contribution in [2.75, 3.05) is 36.4 Å². The summed E-state index contributed by atoms with van der Waals surface area (Å²) < 4.78 is 0.955. The van der Waals surface area contributed by atoms with Crippen molar-refractivity contribution < 1.29 is 4.79 Å². The predicted molar refractivity (Wildman–Crippen MR) is 103 cm³/mol. The van der Waals surface area contributed by atoms with E-state index in [1.54, 1.807) is 12.1 Å². The molecule has 1 aliphatic heterocycles. The minimum Gasteiger partial charge on any atom is -0.356 e. The Morgan fingerprint density at radius 1 is 1.16 bits per heavy atom. The smallest absolute Gasteiger partial charge is 0.251 e. The molecule has 0 unspecified atom stereocenters. The quantitative estimate of drug-likeness (QED) is 0.725. The normalized spacial score (nSPS) is 13.8. The fourth-order valence-electron chi connectivity index (χ4n) is 2.79. The lowest BCUT2D eigenvalue weighted by molar-refractivity contribution is 0.0955. The third-order valence-electron chi connectivity index (χ3n) is 4.07. The Labute approximate surface area is 156 Å². The van der Waals surface area contributed by atoms with Crippen molar-refractivity contribution in [3.05, 3.63) is 46.1 Å². The van der Waals surface area contributed by atoms with Gasteiger partial charge in [0, 0.05) is 48.0 Å². The highest BCUT2D eigenvalue weighted by Crippen LogP contribution is 2.19. The molecule has 2 heterocycles. The Morgan fingerprint density at radius 3 is 2.60 bits per heavy atom. The average molecular weight is 404 g/mol. The van der Waals surface area contributed by atoms with Crippen LogP contribution in [0.2, 0.25) is 0 Å². The highest BCUT2D eigenvalue weighted by molar-refractivity contribution is 9.10. The minimum atomic E-state index is -0.0859. The number of anilines is 2. The maximum absolute atomic E-state index is 12.1. The highest BCUT2D eigenvalue weighted by atomic mass is 79.9. The SMILES string of the molecule is Cc1cc(N2CCCC2)nc(NCCNC(=O)c2ccc(Br)cc2)n1. The number of carbonyl (C=O) groups excluding carboxylic acids is 1. The van der Waals surface area contributed by atoms with Crippen molar-refractivity contribution >= 4 is 33.6 Å². The molecule has 1 aliphatic rings. The summed E-state index contributed by atoms with van der Waals surface area (Å²) in [7, 11) is 0. The van der Waals surface area contributed by atoms with E-state index in [4.69, 9.17) is 0 Å². The van der Waals surface area contributed by atoms with Gasteiger partial charge in [0.2, 0.25) is 5.95 Å². The van der Waals surface area contributed by atoms with E-state index in [9.17, 15) is 4.79 Å². The zero-order valence-electron chi connectivity index (χ0n) is 14.3. The van der Waals surface area contributed by atoms with E-state index in [1.807, 2.05) is 25.1 Å². The van der Waals surface area contributed by atoms with Gasteiger partial charge in [-0.05, 0) is 44.0 Å². The Bertz CT molecular complexity index is 729. The lowest BCUT2D eigenvalue weighted by Gasteiger charge is -2.17. The molecule has 0 saturated carbocycles. The second-order valence-electron chi connectivity index (χ2n) is 6.07. The number of nitrogens with one attached hydrogen (secondary N) is 2. The van der Waals surface area contributed by atoms with Gasteiger partial charge in [-0.1, -0.05) is 15.9 Å². The summed E-state index contributed by atoms with van der Waals surface area (Å²) in [5.74, 6) is 1.50. The van der Waals surface area contributed by atoms with E-state index in [0.29, 0.717) is 24.6 Å². The first-order valence-electron chi connectivity index (χ1n) is 8.50. The second-order valence-corrected chi connectivity index (χ2v) is 6.99. The van der Waals surface area contributed by atoms with Gasteiger partial charge in [-0.15, -0.1) is 0 Å². The predicted octanol–water partition coefficient (Wildman–Crippen LogP) is 2.99. The summed E-state index contributed by atoms with van der Waals surface area (Å²) in [6, 6.07) is 9.31.